The lowest BCUT2D eigenvalue weighted by molar-refractivity contribution is 0.199. The Kier molecular flexibility index (Phi) is 6.52. The van der Waals surface area contributed by atoms with Crippen LogP contribution in [0, 0.1) is 12.8 Å². The summed E-state index contributed by atoms with van der Waals surface area (Å²) in [5.74, 6) is 0.917. The molecule has 0 aromatic heterocycles. The van der Waals surface area contributed by atoms with Crippen molar-refractivity contribution in [2.24, 2.45) is 5.92 Å². The van der Waals surface area contributed by atoms with Gasteiger partial charge in [0.2, 0.25) is 0 Å². The van der Waals surface area contributed by atoms with Gasteiger partial charge in [0.15, 0.2) is 0 Å². The molecule has 1 fully saturated rings. The first kappa shape index (κ1) is 16.3. The topological polar surface area (TPSA) is 24.5 Å². The van der Waals surface area contributed by atoms with Crippen LogP contribution in [0.5, 0.6) is 0 Å². The van der Waals surface area contributed by atoms with Crippen molar-refractivity contribution in [1.29, 1.82) is 0 Å². The Hall–Kier alpha value is -1.06. The Morgan fingerprint density at radius 2 is 2.14 bits per heavy atom. The zero-order valence-electron chi connectivity index (χ0n) is 13.8. The molecule has 0 heterocycles. The molecule has 1 aliphatic rings. The van der Waals surface area contributed by atoms with Gasteiger partial charge in [-0.2, -0.15) is 0 Å². The molecule has 0 radical (unpaired) electrons. The van der Waals surface area contributed by atoms with E-state index in [0.717, 1.165) is 32.2 Å². The van der Waals surface area contributed by atoms with Crippen LogP contribution in [0.1, 0.15) is 37.3 Å². The molecule has 2 rings (SSSR count). The lowest BCUT2D eigenvalue weighted by Gasteiger charge is -2.33. The first-order valence-corrected chi connectivity index (χ1v) is 8.28. The third-order valence-corrected chi connectivity index (χ3v) is 4.57. The minimum absolute atomic E-state index is 0.766. The van der Waals surface area contributed by atoms with Gasteiger partial charge in [-0.3, -0.25) is 0 Å². The molecular weight excluding hydrogens is 260 g/mol. The van der Waals surface area contributed by atoms with Gasteiger partial charge < -0.3 is 15.0 Å². The molecule has 0 spiro atoms. The molecule has 1 saturated carbocycles. The van der Waals surface area contributed by atoms with E-state index in [0.29, 0.717) is 0 Å². The maximum atomic E-state index is 5.06. The van der Waals surface area contributed by atoms with Crippen LogP contribution in [0.3, 0.4) is 0 Å². The van der Waals surface area contributed by atoms with Crippen LogP contribution >= 0.6 is 0 Å². The second-order valence-corrected chi connectivity index (χ2v) is 6.12. The highest BCUT2D eigenvalue weighted by molar-refractivity contribution is 5.51. The summed E-state index contributed by atoms with van der Waals surface area (Å²) in [6.45, 7) is 9.39. The average Bonchev–Trinajstić information content (AvgIpc) is 2.44. The lowest BCUT2D eigenvalue weighted by atomic mass is 9.85. The van der Waals surface area contributed by atoms with Crippen LogP contribution in [0.4, 0.5) is 5.69 Å². The number of aryl methyl sites for hydroxylation is 1. The summed E-state index contributed by atoms with van der Waals surface area (Å²) in [6.07, 6.45) is 4.25. The Morgan fingerprint density at radius 3 is 2.71 bits per heavy atom. The summed E-state index contributed by atoms with van der Waals surface area (Å²) in [5.41, 5.74) is 4.14. The second-order valence-electron chi connectivity index (χ2n) is 6.12. The van der Waals surface area contributed by atoms with E-state index in [4.69, 9.17) is 4.74 Å². The number of benzene rings is 1. The molecule has 1 N–H and O–H groups in total. The summed E-state index contributed by atoms with van der Waals surface area (Å²) >= 11 is 0. The van der Waals surface area contributed by atoms with E-state index in [9.17, 15) is 0 Å². The van der Waals surface area contributed by atoms with E-state index < -0.39 is 0 Å². The maximum absolute atomic E-state index is 5.06. The van der Waals surface area contributed by atoms with E-state index in [1.54, 1.807) is 7.11 Å². The fraction of sp³-hybridized carbons (Fsp3) is 0.667. The van der Waals surface area contributed by atoms with E-state index >= 15 is 0 Å². The molecule has 0 atom stereocenters. The maximum Gasteiger partial charge on any atom is 0.0587 e. The van der Waals surface area contributed by atoms with Gasteiger partial charge >= 0.3 is 0 Å². The summed E-state index contributed by atoms with van der Waals surface area (Å²) in [6, 6.07) is 6.89. The lowest BCUT2D eigenvalue weighted by Crippen LogP contribution is -2.32. The molecule has 1 aliphatic carbocycles. The summed E-state index contributed by atoms with van der Waals surface area (Å²) in [4.78, 5) is 2.53. The van der Waals surface area contributed by atoms with Gasteiger partial charge in [0.05, 0.1) is 6.61 Å². The van der Waals surface area contributed by atoms with Gasteiger partial charge in [-0.25, -0.2) is 0 Å². The van der Waals surface area contributed by atoms with E-state index in [1.807, 2.05) is 0 Å². The van der Waals surface area contributed by atoms with Crippen LogP contribution in [-0.2, 0) is 11.3 Å². The van der Waals surface area contributed by atoms with Crippen LogP contribution in [0.2, 0.25) is 0 Å². The molecule has 0 saturated heterocycles. The minimum Gasteiger partial charge on any atom is -0.383 e. The van der Waals surface area contributed by atoms with Crippen molar-refractivity contribution in [3.8, 4) is 0 Å². The Morgan fingerprint density at radius 1 is 1.33 bits per heavy atom. The molecule has 0 bridgehead atoms. The highest BCUT2D eigenvalue weighted by Gasteiger charge is 2.20. The molecule has 118 valence electrons. The third-order valence-electron chi connectivity index (χ3n) is 4.57. The van der Waals surface area contributed by atoms with Gasteiger partial charge in [0, 0.05) is 39.0 Å². The second kappa shape index (κ2) is 8.40. The molecule has 0 amide bonds. The quantitative estimate of drug-likeness (QED) is 0.706. The molecule has 3 heteroatoms. The number of nitrogens with zero attached hydrogens (tertiary/aromatic N) is 1. The van der Waals surface area contributed by atoms with Crippen molar-refractivity contribution in [2.75, 3.05) is 38.3 Å². The number of anilines is 1. The Balaban J connectivity index is 1.92. The van der Waals surface area contributed by atoms with Crippen molar-refractivity contribution in [1.82, 2.24) is 5.32 Å². The van der Waals surface area contributed by atoms with Gasteiger partial charge in [0.25, 0.3) is 0 Å². The number of ether oxygens (including phenoxy) is 1. The molecule has 1 aromatic carbocycles. The first-order valence-electron chi connectivity index (χ1n) is 8.28. The van der Waals surface area contributed by atoms with Gasteiger partial charge in [-0.15, -0.1) is 0 Å². The van der Waals surface area contributed by atoms with Crippen LogP contribution in [0.25, 0.3) is 0 Å². The minimum atomic E-state index is 0.766. The Labute approximate surface area is 129 Å². The molecule has 3 nitrogen and oxygen atoms in total. The van der Waals surface area contributed by atoms with Crippen molar-refractivity contribution in [2.45, 2.75) is 39.7 Å². The highest BCUT2D eigenvalue weighted by Crippen LogP contribution is 2.29. The number of nitrogens with one attached hydrogen (secondary N) is 1. The number of hydrogen-bond donors (Lipinski definition) is 1. The predicted octanol–water partition coefficient (Wildman–Crippen LogP) is 3.36. The van der Waals surface area contributed by atoms with Gasteiger partial charge in [-0.05, 0) is 55.9 Å². The molecular formula is C18H30N2O. The largest absolute Gasteiger partial charge is 0.383 e. The monoisotopic (exact) mass is 290 g/mol. The van der Waals surface area contributed by atoms with Crippen molar-refractivity contribution in [3.05, 3.63) is 29.3 Å². The van der Waals surface area contributed by atoms with Crippen LogP contribution in [-0.4, -0.2) is 33.4 Å². The fourth-order valence-corrected chi connectivity index (χ4v) is 2.88. The average molecular weight is 290 g/mol. The zero-order chi connectivity index (χ0) is 15.1. The normalized spacial score (nSPS) is 15.0. The SMILES string of the molecule is CCN(CC1CCC1)c1ccc(CNCCOC)c(C)c1. The van der Waals surface area contributed by atoms with Crippen molar-refractivity contribution in [3.63, 3.8) is 0 Å². The molecule has 0 unspecified atom stereocenters. The standard InChI is InChI=1S/C18H30N2O/c1-4-20(14-16-6-5-7-16)18-9-8-17(15(2)12-18)13-19-10-11-21-3/h8-9,12,16,19H,4-7,10-11,13-14H2,1-3H3. The van der Waals surface area contributed by atoms with Gasteiger partial charge in [-0.1, -0.05) is 12.5 Å². The fourth-order valence-electron chi connectivity index (χ4n) is 2.88. The number of methoxy groups -OCH3 is 1. The highest BCUT2D eigenvalue weighted by atomic mass is 16.5. The smallest absolute Gasteiger partial charge is 0.0587 e. The summed E-state index contributed by atoms with van der Waals surface area (Å²) in [7, 11) is 1.74. The van der Waals surface area contributed by atoms with E-state index in [2.05, 4.69) is 42.3 Å². The van der Waals surface area contributed by atoms with Crippen LogP contribution < -0.4 is 10.2 Å². The van der Waals surface area contributed by atoms with Crippen molar-refractivity contribution >= 4 is 5.69 Å². The van der Waals surface area contributed by atoms with Crippen LogP contribution in [0.15, 0.2) is 18.2 Å². The molecule has 0 aliphatic heterocycles. The van der Waals surface area contributed by atoms with Crippen molar-refractivity contribution < 1.29 is 4.74 Å². The van der Waals surface area contributed by atoms with E-state index in [-0.39, 0.29) is 0 Å². The Bertz CT molecular complexity index is 429. The number of hydrogen-bond acceptors (Lipinski definition) is 3. The summed E-state index contributed by atoms with van der Waals surface area (Å²) in [5, 5.41) is 3.42. The first-order chi connectivity index (χ1) is 10.2. The summed E-state index contributed by atoms with van der Waals surface area (Å²) < 4.78 is 5.06. The zero-order valence-corrected chi connectivity index (χ0v) is 13.8. The number of rotatable bonds is 9. The van der Waals surface area contributed by atoms with E-state index in [1.165, 1.54) is 42.6 Å². The molecule has 1 aromatic rings. The van der Waals surface area contributed by atoms with Gasteiger partial charge in [0.1, 0.15) is 0 Å². The predicted molar refractivity (Wildman–Crippen MR) is 90.0 cm³/mol. The molecule has 21 heavy (non-hydrogen) atoms. The third kappa shape index (κ3) is 4.72.